The maximum absolute atomic E-state index is 14.0. The quantitative estimate of drug-likeness (QED) is 0.190. The van der Waals surface area contributed by atoms with E-state index in [9.17, 15) is 14.4 Å². The molecule has 1 aliphatic heterocycles. The minimum atomic E-state index is -0.709. The smallest absolute Gasteiger partial charge is 0.407 e. The van der Waals surface area contributed by atoms with E-state index in [0.29, 0.717) is 51.9 Å². The zero-order chi connectivity index (χ0) is 34.1. The first-order valence-corrected chi connectivity index (χ1v) is 17.7. The van der Waals surface area contributed by atoms with E-state index in [1.165, 1.54) is 11.3 Å². The van der Waals surface area contributed by atoms with Gasteiger partial charge in [0.15, 0.2) is 0 Å². The summed E-state index contributed by atoms with van der Waals surface area (Å²) < 4.78 is 11.0. The predicted molar refractivity (Wildman–Crippen MR) is 188 cm³/mol. The first-order chi connectivity index (χ1) is 23.3. The molecule has 0 radical (unpaired) electrons. The van der Waals surface area contributed by atoms with Crippen LogP contribution in [0.1, 0.15) is 49.1 Å². The number of alkyl carbamates (subject to hydrolysis) is 1. The number of rotatable bonds is 17. The van der Waals surface area contributed by atoms with E-state index in [-0.39, 0.29) is 36.7 Å². The molecule has 12 heteroatoms. The second-order valence-corrected chi connectivity index (χ2v) is 13.5. The molecular weight excluding hydrogens is 629 g/mol. The fourth-order valence-corrected chi connectivity index (χ4v) is 6.01. The van der Waals surface area contributed by atoms with Crippen molar-refractivity contribution in [2.24, 2.45) is 0 Å². The van der Waals surface area contributed by atoms with Crippen LogP contribution in [-0.4, -0.2) is 96.9 Å². The number of benzene rings is 2. The Bertz CT molecular complexity index is 1370. The minimum absolute atomic E-state index is 0.0125. The van der Waals surface area contributed by atoms with Gasteiger partial charge in [-0.2, -0.15) is 0 Å². The number of carbonyl (C=O) groups excluding carboxylic acids is 3. The largest absolute Gasteiger partial charge is 0.444 e. The number of amides is 4. The standard InChI is InChI=1S/C36H50N6O5S/c1-27(2)41(3)35(44)40-33(16-17-42-18-20-46-21-19-42)34(43)38-30(22-28-10-6-4-7-11-28)14-15-31(23-29-12-8-5-9-13-29)39-36(45)47-25-32-24-37-26-48-32/h4-13,24,26-27,30-31,33H,14-23,25H2,1-3H3,(H,38,43)(H,39,45)(H,40,44). The molecule has 3 atom stereocenters. The molecule has 3 aromatic rings. The van der Waals surface area contributed by atoms with E-state index in [0.717, 1.165) is 29.1 Å². The highest BCUT2D eigenvalue weighted by Crippen LogP contribution is 2.15. The van der Waals surface area contributed by atoms with Gasteiger partial charge < -0.3 is 30.3 Å². The molecule has 4 rings (SSSR count). The fourth-order valence-electron chi connectivity index (χ4n) is 5.50. The van der Waals surface area contributed by atoms with Crippen LogP contribution in [0.5, 0.6) is 0 Å². The Hall–Kier alpha value is -4.00. The van der Waals surface area contributed by atoms with Crippen molar-refractivity contribution in [3.05, 3.63) is 88.4 Å². The molecule has 1 saturated heterocycles. The first kappa shape index (κ1) is 36.8. The van der Waals surface area contributed by atoms with Gasteiger partial charge in [-0.05, 0) is 57.1 Å². The molecule has 0 bridgehead atoms. The van der Waals surface area contributed by atoms with Crippen LogP contribution >= 0.6 is 11.3 Å². The van der Waals surface area contributed by atoms with Crippen LogP contribution in [0.2, 0.25) is 0 Å². The molecule has 0 spiro atoms. The predicted octanol–water partition coefficient (Wildman–Crippen LogP) is 4.63. The fraction of sp³-hybridized carbons (Fsp3) is 0.500. The first-order valence-electron chi connectivity index (χ1n) is 16.8. The average Bonchev–Trinajstić information content (AvgIpc) is 3.63. The number of aromatic nitrogens is 1. The van der Waals surface area contributed by atoms with Crippen molar-refractivity contribution in [1.82, 2.24) is 30.7 Å². The number of carbonyl (C=O) groups is 3. The van der Waals surface area contributed by atoms with Crippen LogP contribution in [0.25, 0.3) is 0 Å². The van der Waals surface area contributed by atoms with Gasteiger partial charge in [0.2, 0.25) is 5.91 Å². The third-order valence-corrected chi connectivity index (χ3v) is 9.31. The van der Waals surface area contributed by atoms with Gasteiger partial charge in [-0.15, -0.1) is 11.3 Å². The van der Waals surface area contributed by atoms with Gasteiger partial charge in [0.05, 0.1) is 23.6 Å². The zero-order valence-corrected chi connectivity index (χ0v) is 29.1. The molecular formula is C36H50N6O5S. The van der Waals surface area contributed by atoms with Gasteiger partial charge in [-0.1, -0.05) is 60.7 Å². The van der Waals surface area contributed by atoms with Gasteiger partial charge in [0, 0.05) is 51.0 Å². The van der Waals surface area contributed by atoms with E-state index in [2.05, 4.69) is 25.8 Å². The van der Waals surface area contributed by atoms with Crippen LogP contribution in [-0.2, 0) is 33.7 Å². The Labute approximate surface area is 288 Å². The Morgan fingerprint density at radius 1 is 0.896 bits per heavy atom. The van der Waals surface area contributed by atoms with Crippen molar-refractivity contribution in [1.29, 1.82) is 0 Å². The molecule has 1 fully saturated rings. The number of thiazole rings is 1. The highest BCUT2D eigenvalue weighted by atomic mass is 32.1. The van der Waals surface area contributed by atoms with Gasteiger partial charge in [0.1, 0.15) is 12.6 Å². The molecule has 3 N–H and O–H groups in total. The van der Waals surface area contributed by atoms with E-state index in [1.807, 2.05) is 74.5 Å². The summed E-state index contributed by atoms with van der Waals surface area (Å²) in [5, 5.41) is 9.34. The van der Waals surface area contributed by atoms with Crippen molar-refractivity contribution in [2.75, 3.05) is 39.9 Å². The van der Waals surface area contributed by atoms with Crippen LogP contribution in [0.3, 0.4) is 0 Å². The number of hydrogen-bond donors (Lipinski definition) is 3. The number of morpholine rings is 1. The van der Waals surface area contributed by atoms with Crippen LogP contribution in [0.15, 0.2) is 72.4 Å². The number of urea groups is 1. The number of hydrogen-bond acceptors (Lipinski definition) is 8. The third-order valence-electron chi connectivity index (χ3n) is 8.56. The van der Waals surface area contributed by atoms with Crippen LogP contribution < -0.4 is 16.0 Å². The maximum atomic E-state index is 14.0. The lowest BCUT2D eigenvalue weighted by Gasteiger charge is -2.31. The Morgan fingerprint density at radius 3 is 2.06 bits per heavy atom. The lowest BCUT2D eigenvalue weighted by atomic mass is 9.95. The number of ether oxygens (including phenoxy) is 2. The lowest BCUT2D eigenvalue weighted by molar-refractivity contribution is -0.124. The summed E-state index contributed by atoms with van der Waals surface area (Å²) in [5.74, 6) is -0.216. The van der Waals surface area contributed by atoms with Crippen molar-refractivity contribution >= 4 is 29.4 Å². The highest BCUT2D eigenvalue weighted by molar-refractivity contribution is 7.09. The second-order valence-electron chi connectivity index (χ2n) is 12.5. The van der Waals surface area contributed by atoms with E-state index in [1.54, 1.807) is 23.7 Å². The monoisotopic (exact) mass is 678 g/mol. The molecule has 0 saturated carbocycles. The molecule has 4 amide bonds. The number of nitrogens with zero attached hydrogens (tertiary/aromatic N) is 3. The van der Waals surface area contributed by atoms with E-state index >= 15 is 0 Å². The van der Waals surface area contributed by atoms with Crippen LogP contribution in [0, 0.1) is 0 Å². The molecule has 1 aliphatic rings. The molecule has 2 heterocycles. The summed E-state index contributed by atoms with van der Waals surface area (Å²) in [6, 6.07) is 18.6. The van der Waals surface area contributed by atoms with E-state index < -0.39 is 12.1 Å². The Balaban J connectivity index is 1.46. The second kappa shape index (κ2) is 19.7. The molecule has 1 aromatic heterocycles. The highest BCUT2D eigenvalue weighted by Gasteiger charge is 2.27. The van der Waals surface area contributed by atoms with Crippen LogP contribution in [0.4, 0.5) is 9.59 Å². The van der Waals surface area contributed by atoms with Gasteiger partial charge in [-0.3, -0.25) is 14.7 Å². The lowest BCUT2D eigenvalue weighted by Crippen LogP contribution is -2.54. The van der Waals surface area contributed by atoms with Crippen molar-refractivity contribution in [2.45, 2.75) is 76.7 Å². The molecule has 3 unspecified atom stereocenters. The summed E-state index contributed by atoms with van der Waals surface area (Å²) in [5.41, 5.74) is 3.89. The SMILES string of the molecule is CC(C)N(C)C(=O)NC(CCN1CCOCC1)C(=O)NC(CCC(Cc1ccccc1)NC(=O)OCc1cncs1)Cc1ccccc1. The van der Waals surface area contributed by atoms with E-state index in [4.69, 9.17) is 9.47 Å². The normalized spacial score (nSPS) is 15.2. The molecule has 0 aliphatic carbocycles. The maximum Gasteiger partial charge on any atom is 0.407 e. The summed E-state index contributed by atoms with van der Waals surface area (Å²) in [6.45, 7) is 7.63. The zero-order valence-electron chi connectivity index (χ0n) is 28.3. The minimum Gasteiger partial charge on any atom is -0.444 e. The van der Waals surface area contributed by atoms with Gasteiger partial charge in [-0.25, -0.2) is 9.59 Å². The number of nitrogens with one attached hydrogen (secondary N) is 3. The van der Waals surface area contributed by atoms with Crippen molar-refractivity contribution in [3.63, 3.8) is 0 Å². The van der Waals surface area contributed by atoms with Gasteiger partial charge >= 0.3 is 12.1 Å². The van der Waals surface area contributed by atoms with Gasteiger partial charge in [0.25, 0.3) is 0 Å². The third kappa shape index (κ3) is 12.9. The summed E-state index contributed by atoms with van der Waals surface area (Å²) in [7, 11) is 1.73. The Morgan fingerprint density at radius 2 is 1.50 bits per heavy atom. The summed E-state index contributed by atoms with van der Waals surface area (Å²) in [4.78, 5) is 48.7. The molecule has 2 aromatic carbocycles. The Kier molecular flexibility index (Phi) is 15.1. The summed E-state index contributed by atoms with van der Waals surface area (Å²) in [6.07, 6.45) is 4.10. The molecule has 48 heavy (non-hydrogen) atoms. The average molecular weight is 679 g/mol. The topological polar surface area (TPSA) is 125 Å². The van der Waals surface area contributed by atoms with Crippen molar-refractivity contribution < 1.29 is 23.9 Å². The van der Waals surface area contributed by atoms with Crippen molar-refractivity contribution in [3.8, 4) is 0 Å². The molecule has 11 nitrogen and oxygen atoms in total. The molecule has 260 valence electrons. The summed E-state index contributed by atoms with van der Waals surface area (Å²) >= 11 is 1.43.